The minimum absolute atomic E-state index is 0.216. The molecule has 2 N–H and O–H groups in total. The summed E-state index contributed by atoms with van der Waals surface area (Å²) in [5.74, 6) is -1.38. The Morgan fingerprint density at radius 2 is 1.88 bits per heavy atom. The van der Waals surface area contributed by atoms with Gasteiger partial charge in [-0.2, -0.15) is 5.10 Å². The van der Waals surface area contributed by atoms with E-state index in [4.69, 9.17) is 5.11 Å². The number of amides is 1. The highest BCUT2D eigenvalue weighted by molar-refractivity contribution is 5.93. The van der Waals surface area contributed by atoms with Crippen molar-refractivity contribution in [1.29, 1.82) is 0 Å². The number of hydrazone groups is 1. The summed E-state index contributed by atoms with van der Waals surface area (Å²) in [6.45, 7) is 0. The molecule has 7 nitrogen and oxygen atoms in total. The molecule has 3 rings (SSSR count). The predicted octanol–water partition coefficient (Wildman–Crippen LogP) is 2.33. The summed E-state index contributed by atoms with van der Waals surface area (Å²) in [5.41, 5.74) is 4.42. The van der Waals surface area contributed by atoms with Crippen molar-refractivity contribution in [2.45, 2.75) is 0 Å². The molecule has 1 aromatic carbocycles. The van der Waals surface area contributed by atoms with Gasteiger partial charge in [-0.25, -0.2) is 10.2 Å². The van der Waals surface area contributed by atoms with E-state index in [2.05, 4.69) is 15.5 Å². The molecule has 0 aliphatic carbocycles. The number of carbonyl (C=O) groups excluding carboxylic acids is 1. The Bertz CT molecular complexity index is 915. The lowest BCUT2D eigenvalue weighted by Crippen LogP contribution is -2.18. The number of nitrogens with zero attached hydrogens (tertiary/aromatic N) is 3. The molecule has 25 heavy (non-hydrogen) atoms. The highest BCUT2D eigenvalue weighted by Crippen LogP contribution is 2.13. The van der Waals surface area contributed by atoms with Crippen LogP contribution >= 0.6 is 0 Å². The van der Waals surface area contributed by atoms with E-state index in [-0.39, 0.29) is 11.3 Å². The van der Waals surface area contributed by atoms with Gasteiger partial charge in [-0.15, -0.1) is 0 Å². The van der Waals surface area contributed by atoms with Crippen LogP contribution in [-0.4, -0.2) is 32.7 Å². The Hall–Kier alpha value is -3.74. The molecule has 2 aromatic heterocycles. The first-order valence-electron chi connectivity index (χ1n) is 7.40. The van der Waals surface area contributed by atoms with Crippen LogP contribution in [0.1, 0.15) is 26.5 Å². The highest BCUT2D eigenvalue weighted by Gasteiger charge is 2.06. The second-order valence-electron chi connectivity index (χ2n) is 5.07. The largest absolute Gasteiger partial charge is 0.478 e. The van der Waals surface area contributed by atoms with Gasteiger partial charge in [-0.1, -0.05) is 6.07 Å². The number of aromatic nitrogens is 2. The van der Waals surface area contributed by atoms with E-state index in [0.29, 0.717) is 0 Å². The normalized spacial score (nSPS) is 10.7. The Morgan fingerprint density at radius 1 is 1.08 bits per heavy atom. The molecule has 0 unspecified atom stereocenters. The standard InChI is InChI=1S/C18H14N4O3/c23-17(16-5-1-2-10-19-16)21-20-12-15-4-3-11-22(15)14-8-6-13(7-9-14)18(24)25/h1-12H,(H,21,23)(H,24,25)/b20-12-. The molecule has 0 bridgehead atoms. The van der Waals surface area contributed by atoms with Crippen LogP contribution in [0.4, 0.5) is 0 Å². The van der Waals surface area contributed by atoms with Crippen molar-refractivity contribution in [1.82, 2.24) is 15.0 Å². The van der Waals surface area contributed by atoms with Crippen LogP contribution in [0.3, 0.4) is 0 Å². The minimum Gasteiger partial charge on any atom is -0.478 e. The number of carboxylic acids is 1. The Balaban J connectivity index is 1.73. The number of rotatable bonds is 5. The molecule has 0 saturated carbocycles. The van der Waals surface area contributed by atoms with Gasteiger partial charge in [0.25, 0.3) is 5.91 Å². The molecule has 1 amide bonds. The first kappa shape index (κ1) is 16.1. The van der Waals surface area contributed by atoms with Gasteiger partial charge >= 0.3 is 5.97 Å². The van der Waals surface area contributed by atoms with E-state index in [1.54, 1.807) is 30.3 Å². The van der Waals surface area contributed by atoms with Crippen molar-refractivity contribution >= 4 is 18.1 Å². The second-order valence-corrected chi connectivity index (χ2v) is 5.07. The first-order chi connectivity index (χ1) is 12.1. The van der Waals surface area contributed by atoms with Gasteiger partial charge in [0.05, 0.1) is 17.5 Å². The van der Waals surface area contributed by atoms with Gasteiger partial charge in [0.2, 0.25) is 0 Å². The Morgan fingerprint density at radius 3 is 2.56 bits per heavy atom. The number of hydrogen-bond donors (Lipinski definition) is 2. The molecule has 7 heteroatoms. The van der Waals surface area contributed by atoms with Gasteiger partial charge in [-0.05, 0) is 48.5 Å². The topological polar surface area (TPSA) is 96.6 Å². The molecule has 0 fully saturated rings. The molecule has 0 atom stereocenters. The average molecular weight is 334 g/mol. The molecule has 2 heterocycles. The van der Waals surface area contributed by atoms with Crippen LogP contribution in [0.15, 0.2) is 72.1 Å². The molecular weight excluding hydrogens is 320 g/mol. The maximum absolute atomic E-state index is 11.9. The van der Waals surface area contributed by atoms with Crippen LogP contribution in [0.5, 0.6) is 0 Å². The van der Waals surface area contributed by atoms with Crippen molar-refractivity contribution in [2.75, 3.05) is 0 Å². The third kappa shape index (κ3) is 3.78. The molecule has 0 aliphatic rings. The zero-order valence-corrected chi connectivity index (χ0v) is 13.0. The summed E-state index contributed by atoms with van der Waals surface area (Å²) in [4.78, 5) is 26.7. The fourth-order valence-electron chi connectivity index (χ4n) is 2.21. The van der Waals surface area contributed by atoms with E-state index in [9.17, 15) is 9.59 Å². The maximum Gasteiger partial charge on any atom is 0.335 e. The summed E-state index contributed by atoms with van der Waals surface area (Å²) in [6, 6.07) is 15.1. The van der Waals surface area contributed by atoms with Gasteiger partial charge in [-0.3, -0.25) is 9.78 Å². The van der Waals surface area contributed by atoms with Gasteiger partial charge in [0, 0.05) is 18.1 Å². The lowest BCUT2D eigenvalue weighted by Gasteiger charge is -2.06. The number of carboxylic acid groups (broad SMARTS) is 1. The van der Waals surface area contributed by atoms with E-state index in [0.717, 1.165) is 11.4 Å². The van der Waals surface area contributed by atoms with Crippen molar-refractivity contribution in [3.8, 4) is 5.69 Å². The third-order valence-corrected chi connectivity index (χ3v) is 3.43. The van der Waals surface area contributed by atoms with E-state index in [1.807, 2.05) is 22.9 Å². The predicted molar refractivity (Wildman–Crippen MR) is 92.0 cm³/mol. The van der Waals surface area contributed by atoms with Crippen LogP contribution in [0.25, 0.3) is 5.69 Å². The maximum atomic E-state index is 11.9. The van der Waals surface area contributed by atoms with Crippen LogP contribution in [0.2, 0.25) is 0 Å². The van der Waals surface area contributed by atoms with Crippen molar-refractivity contribution in [2.24, 2.45) is 5.10 Å². The van der Waals surface area contributed by atoms with E-state index < -0.39 is 11.9 Å². The first-order valence-corrected chi connectivity index (χ1v) is 7.40. The van der Waals surface area contributed by atoms with Crippen molar-refractivity contribution < 1.29 is 14.7 Å². The smallest absolute Gasteiger partial charge is 0.335 e. The van der Waals surface area contributed by atoms with Crippen LogP contribution in [-0.2, 0) is 0 Å². The molecular formula is C18H14N4O3. The molecule has 0 spiro atoms. The summed E-state index contributed by atoms with van der Waals surface area (Å²) in [6.07, 6.45) is 4.86. The highest BCUT2D eigenvalue weighted by atomic mass is 16.4. The molecule has 0 radical (unpaired) electrons. The number of nitrogens with one attached hydrogen (secondary N) is 1. The summed E-state index contributed by atoms with van der Waals surface area (Å²) >= 11 is 0. The quantitative estimate of drug-likeness (QED) is 0.553. The Labute approximate surface area is 143 Å². The second kappa shape index (κ2) is 7.22. The fourth-order valence-corrected chi connectivity index (χ4v) is 2.21. The van der Waals surface area contributed by atoms with Gasteiger partial charge in [0.15, 0.2) is 0 Å². The van der Waals surface area contributed by atoms with Crippen molar-refractivity contribution in [3.63, 3.8) is 0 Å². The number of pyridine rings is 1. The lowest BCUT2D eigenvalue weighted by atomic mass is 10.2. The molecule has 124 valence electrons. The number of benzene rings is 1. The van der Waals surface area contributed by atoms with Crippen LogP contribution in [0, 0.1) is 0 Å². The molecule has 0 saturated heterocycles. The fraction of sp³-hybridized carbons (Fsp3) is 0. The minimum atomic E-state index is -0.974. The third-order valence-electron chi connectivity index (χ3n) is 3.43. The monoisotopic (exact) mass is 334 g/mol. The average Bonchev–Trinajstić information content (AvgIpc) is 3.11. The van der Waals surface area contributed by atoms with Gasteiger partial charge in [0.1, 0.15) is 5.69 Å². The van der Waals surface area contributed by atoms with Gasteiger partial charge < -0.3 is 9.67 Å². The van der Waals surface area contributed by atoms with E-state index >= 15 is 0 Å². The lowest BCUT2D eigenvalue weighted by molar-refractivity contribution is 0.0696. The van der Waals surface area contributed by atoms with Crippen LogP contribution < -0.4 is 5.43 Å². The Kier molecular flexibility index (Phi) is 4.66. The number of carbonyl (C=O) groups is 2. The van der Waals surface area contributed by atoms with E-state index in [1.165, 1.54) is 24.5 Å². The summed E-state index contributed by atoms with van der Waals surface area (Å²) in [7, 11) is 0. The molecule has 0 aliphatic heterocycles. The SMILES string of the molecule is O=C(O)c1ccc(-n2cccc2/C=N\NC(=O)c2ccccn2)cc1. The summed E-state index contributed by atoms with van der Waals surface area (Å²) in [5, 5.41) is 12.9. The summed E-state index contributed by atoms with van der Waals surface area (Å²) < 4.78 is 1.82. The number of aromatic carboxylic acids is 1. The number of hydrogen-bond acceptors (Lipinski definition) is 4. The zero-order chi connectivity index (χ0) is 17.6. The zero-order valence-electron chi connectivity index (χ0n) is 13.0. The van der Waals surface area contributed by atoms with Crippen molar-refractivity contribution in [3.05, 3.63) is 83.9 Å². The molecule has 3 aromatic rings.